The van der Waals surface area contributed by atoms with E-state index >= 15 is 0 Å². The average molecular weight is 360 g/mol. The van der Waals surface area contributed by atoms with E-state index < -0.39 is 17.5 Å². The number of rotatable bonds is 4. The first-order chi connectivity index (χ1) is 12.0. The number of hydrogen-bond acceptors (Lipinski definition) is 3. The van der Waals surface area contributed by atoms with Crippen LogP contribution in [0.5, 0.6) is 0 Å². The summed E-state index contributed by atoms with van der Waals surface area (Å²) in [6, 6.07) is 12.9. The fourth-order valence-corrected chi connectivity index (χ4v) is 2.23. The maximum absolute atomic E-state index is 13.6. The summed E-state index contributed by atoms with van der Waals surface area (Å²) in [5.41, 5.74) is 0.921. The molecule has 2 N–H and O–H groups in total. The van der Waals surface area contributed by atoms with E-state index in [1.54, 1.807) is 24.3 Å². The second-order valence-electron chi connectivity index (χ2n) is 5.14. The van der Waals surface area contributed by atoms with E-state index in [2.05, 4.69) is 15.6 Å². The minimum absolute atomic E-state index is 0.101. The van der Waals surface area contributed by atoms with Gasteiger partial charge in [-0.3, -0.25) is 4.79 Å². The molecule has 1 amide bonds. The van der Waals surface area contributed by atoms with Gasteiger partial charge >= 0.3 is 0 Å². The summed E-state index contributed by atoms with van der Waals surface area (Å²) in [5.74, 6) is -1.66. The normalized spacial score (nSPS) is 10.4. The van der Waals surface area contributed by atoms with E-state index in [-0.39, 0.29) is 11.3 Å². The van der Waals surface area contributed by atoms with Crippen molar-refractivity contribution in [2.45, 2.75) is 0 Å². The summed E-state index contributed by atoms with van der Waals surface area (Å²) in [7, 11) is 0. The van der Waals surface area contributed by atoms with Crippen LogP contribution < -0.4 is 10.6 Å². The van der Waals surface area contributed by atoms with Crippen LogP contribution in [0.25, 0.3) is 0 Å². The Labute approximate surface area is 147 Å². The van der Waals surface area contributed by atoms with Crippen molar-refractivity contribution in [3.63, 3.8) is 0 Å². The van der Waals surface area contributed by atoms with Crippen LogP contribution >= 0.6 is 11.6 Å². The van der Waals surface area contributed by atoms with Crippen LogP contribution in [-0.2, 0) is 0 Å². The number of amides is 1. The Balaban J connectivity index is 1.76. The Kier molecular flexibility index (Phi) is 4.90. The molecule has 0 aliphatic rings. The highest BCUT2D eigenvalue weighted by Crippen LogP contribution is 2.20. The number of carbonyl (C=O) groups excluding carboxylic acids is 1. The minimum atomic E-state index is -0.845. The van der Waals surface area contributed by atoms with Crippen LogP contribution in [0, 0.1) is 11.6 Å². The zero-order valence-corrected chi connectivity index (χ0v) is 13.5. The summed E-state index contributed by atoms with van der Waals surface area (Å²) in [6.07, 6.45) is 1.45. The van der Waals surface area contributed by atoms with Crippen LogP contribution in [0.2, 0.25) is 5.02 Å². The third-order valence-corrected chi connectivity index (χ3v) is 3.57. The van der Waals surface area contributed by atoms with Gasteiger partial charge in [-0.25, -0.2) is 13.8 Å². The number of aromatic nitrogens is 1. The summed E-state index contributed by atoms with van der Waals surface area (Å²) >= 11 is 5.83. The van der Waals surface area contributed by atoms with Gasteiger partial charge in [0.15, 0.2) is 0 Å². The van der Waals surface area contributed by atoms with Crippen molar-refractivity contribution in [2.75, 3.05) is 10.6 Å². The number of hydrogen-bond donors (Lipinski definition) is 2. The molecule has 0 bridgehead atoms. The van der Waals surface area contributed by atoms with E-state index in [1.807, 2.05) is 0 Å². The molecular weight excluding hydrogens is 348 g/mol. The molecule has 126 valence electrons. The third kappa shape index (κ3) is 4.30. The molecule has 0 unspecified atom stereocenters. The minimum Gasteiger partial charge on any atom is -0.340 e. The van der Waals surface area contributed by atoms with Crippen molar-refractivity contribution in [3.05, 3.63) is 83.0 Å². The Hall–Kier alpha value is -2.99. The number of benzene rings is 2. The number of carbonyl (C=O) groups is 1. The molecule has 0 saturated heterocycles. The molecule has 25 heavy (non-hydrogen) atoms. The van der Waals surface area contributed by atoms with Crippen LogP contribution in [-0.4, -0.2) is 10.9 Å². The molecule has 4 nitrogen and oxygen atoms in total. The van der Waals surface area contributed by atoms with Gasteiger partial charge in [0, 0.05) is 28.5 Å². The summed E-state index contributed by atoms with van der Waals surface area (Å²) in [4.78, 5) is 16.4. The molecule has 3 rings (SSSR count). The average Bonchev–Trinajstić information content (AvgIpc) is 2.60. The van der Waals surface area contributed by atoms with Crippen LogP contribution in [0.4, 0.5) is 26.0 Å². The number of anilines is 3. The molecule has 0 fully saturated rings. The molecule has 1 heterocycles. The van der Waals surface area contributed by atoms with E-state index in [0.29, 0.717) is 16.9 Å². The van der Waals surface area contributed by atoms with E-state index in [9.17, 15) is 13.6 Å². The van der Waals surface area contributed by atoms with Gasteiger partial charge < -0.3 is 10.6 Å². The van der Waals surface area contributed by atoms with Crippen molar-refractivity contribution < 1.29 is 13.6 Å². The standard InChI is InChI=1S/C18H12ClF2N3O/c19-12-1-4-14(5-2-12)23-17-9-11(7-8-22-17)18(25)24-16-6-3-13(20)10-15(16)21/h1-10H,(H,22,23)(H,24,25). The van der Waals surface area contributed by atoms with E-state index in [0.717, 1.165) is 17.8 Å². The maximum Gasteiger partial charge on any atom is 0.255 e. The van der Waals surface area contributed by atoms with E-state index in [4.69, 9.17) is 11.6 Å². The first-order valence-electron chi connectivity index (χ1n) is 7.26. The number of pyridine rings is 1. The highest BCUT2D eigenvalue weighted by molar-refractivity contribution is 6.30. The number of nitrogens with zero attached hydrogens (tertiary/aromatic N) is 1. The van der Waals surface area contributed by atoms with Crippen LogP contribution in [0.1, 0.15) is 10.4 Å². The SMILES string of the molecule is O=C(Nc1ccc(F)cc1F)c1ccnc(Nc2ccc(Cl)cc2)c1. The fraction of sp³-hybridized carbons (Fsp3) is 0. The third-order valence-electron chi connectivity index (χ3n) is 3.32. The predicted octanol–water partition coefficient (Wildman–Crippen LogP) is 5.01. The molecule has 2 aromatic carbocycles. The molecule has 3 aromatic rings. The van der Waals surface area contributed by atoms with Gasteiger partial charge in [0.1, 0.15) is 17.5 Å². The van der Waals surface area contributed by atoms with Crippen LogP contribution in [0.3, 0.4) is 0 Å². The Bertz CT molecular complexity index is 916. The second-order valence-corrected chi connectivity index (χ2v) is 5.58. The monoisotopic (exact) mass is 359 g/mol. The number of nitrogens with one attached hydrogen (secondary N) is 2. The number of halogens is 3. The molecule has 7 heteroatoms. The van der Waals surface area contributed by atoms with Gasteiger partial charge in [0.05, 0.1) is 5.69 Å². The van der Waals surface area contributed by atoms with Gasteiger partial charge in [0.25, 0.3) is 5.91 Å². The molecule has 1 aromatic heterocycles. The first kappa shape index (κ1) is 16.9. The Morgan fingerprint density at radius 1 is 1.00 bits per heavy atom. The molecule has 0 radical (unpaired) electrons. The van der Waals surface area contributed by atoms with Gasteiger partial charge in [0.2, 0.25) is 0 Å². The highest BCUT2D eigenvalue weighted by Gasteiger charge is 2.11. The Morgan fingerprint density at radius 2 is 1.76 bits per heavy atom. The van der Waals surface area contributed by atoms with Crippen molar-refractivity contribution in [1.82, 2.24) is 4.98 Å². The van der Waals surface area contributed by atoms with Crippen molar-refractivity contribution >= 4 is 34.7 Å². The van der Waals surface area contributed by atoms with Crippen molar-refractivity contribution in [3.8, 4) is 0 Å². The van der Waals surface area contributed by atoms with Gasteiger partial charge in [-0.2, -0.15) is 0 Å². The molecule has 0 spiro atoms. The van der Waals surface area contributed by atoms with Crippen LogP contribution in [0.15, 0.2) is 60.8 Å². The second kappa shape index (κ2) is 7.27. The van der Waals surface area contributed by atoms with Gasteiger partial charge in [-0.15, -0.1) is 0 Å². The summed E-state index contributed by atoms with van der Waals surface area (Å²) in [6.45, 7) is 0. The lowest BCUT2D eigenvalue weighted by Crippen LogP contribution is -2.13. The van der Waals surface area contributed by atoms with Crippen molar-refractivity contribution in [1.29, 1.82) is 0 Å². The maximum atomic E-state index is 13.6. The fourth-order valence-electron chi connectivity index (χ4n) is 2.11. The lowest BCUT2D eigenvalue weighted by Gasteiger charge is -2.09. The molecule has 0 aliphatic heterocycles. The predicted molar refractivity (Wildman–Crippen MR) is 93.3 cm³/mol. The molecule has 0 saturated carbocycles. The highest BCUT2D eigenvalue weighted by atomic mass is 35.5. The largest absolute Gasteiger partial charge is 0.340 e. The topological polar surface area (TPSA) is 54.0 Å². The molecule has 0 atom stereocenters. The first-order valence-corrected chi connectivity index (χ1v) is 7.64. The zero-order chi connectivity index (χ0) is 17.8. The Morgan fingerprint density at radius 3 is 2.48 bits per heavy atom. The van der Waals surface area contributed by atoms with Gasteiger partial charge in [-0.1, -0.05) is 11.6 Å². The quantitative estimate of drug-likeness (QED) is 0.688. The van der Waals surface area contributed by atoms with Crippen molar-refractivity contribution in [2.24, 2.45) is 0 Å². The zero-order valence-electron chi connectivity index (χ0n) is 12.8. The smallest absolute Gasteiger partial charge is 0.255 e. The molecular formula is C18H12ClF2N3O. The summed E-state index contributed by atoms with van der Waals surface area (Å²) < 4.78 is 26.6. The summed E-state index contributed by atoms with van der Waals surface area (Å²) in [5, 5.41) is 6.04. The lowest BCUT2D eigenvalue weighted by atomic mass is 10.2. The van der Waals surface area contributed by atoms with Gasteiger partial charge in [-0.05, 0) is 48.5 Å². The van der Waals surface area contributed by atoms with E-state index in [1.165, 1.54) is 18.3 Å². The molecule has 0 aliphatic carbocycles. The lowest BCUT2D eigenvalue weighted by molar-refractivity contribution is 0.102.